The van der Waals surface area contributed by atoms with Gasteiger partial charge in [-0.15, -0.1) is 0 Å². The Morgan fingerprint density at radius 1 is 0.897 bits per heavy atom. The van der Waals surface area contributed by atoms with Crippen LogP contribution in [0.15, 0.2) is 47.7 Å². The molecule has 0 saturated heterocycles. The van der Waals surface area contributed by atoms with Gasteiger partial charge in [0.2, 0.25) is 5.75 Å². The maximum atomic E-state index is 13.2. The monoisotopic (exact) mass is 394 g/mol. The van der Waals surface area contributed by atoms with Crippen molar-refractivity contribution >= 4 is 17.2 Å². The number of nitrogens with one attached hydrogen (secondary N) is 2. The third-order valence-electron chi connectivity index (χ3n) is 5.70. The van der Waals surface area contributed by atoms with Crippen LogP contribution in [0.25, 0.3) is 0 Å². The van der Waals surface area contributed by atoms with Crippen molar-refractivity contribution in [3.63, 3.8) is 0 Å². The highest BCUT2D eigenvalue weighted by atomic mass is 16.5. The van der Waals surface area contributed by atoms with Gasteiger partial charge < -0.3 is 24.8 Å². The highest BCUT2D eigenvalue weighted by Crippen LogP contribution is 2.47. The number of rotatable bonds is 4. The molecule has 0 spiro atoms. The summed E-state index contributed by atoms with van der Waals surface area (Å²) in [6.45, 7) is 2.04. The molecule has 152 valence electrons. The number of carbonyl (C=O) groups excluding carboxylic acids is 1. The molecule has 0 bridgehead atoms. The first-order valence-corrected chi connectivity index (χ1v) is 9.75. The molecule has 2 aliphatic rings. The molecule has 1 aliphatic heterocycles. The Bertz CT molecular complexity index is 983. The molecular formula is C23H26N2O4. The Morgan fingerprint density at radius 3 is 2.31 bits per heavy atom. The molecule has 6 heteroatoms. The number of anilines is 2. The molecule has 2 atom stereocenters. The summed E-state index contributed by atoms with van der Waals surface area (Å²) in [4.78, 5) is 13.2. The predicted octanol–water partition coefficient (Wildman–Crippen LogP) is 4.34. The lowest BCUT2D eigenvalue weighted by Gasteiger charge is -2.29. The number of ketones is 1. The van der Waals surface area contributed by atoms with Crippen LogP contribution < -0.4 is 24.8 Å². The zero-order chi connectivity index (χ0) is 20.5. The van der Waals surface area contributed by atoms with Gasteiger partial charge in [-0.1, -0.05) is 18.2 Å². The number of para-hydroxylation sites is 2. The second-order valence-electron chi connectivity index (χ2n) is 7.38. The van der Waals surface area contributed by atoms with Crippen LogP contribution in [-0.2, 0) is 4.79 Å². The Labute approximate surface area is 170 Å². The third-order valence-corrected chi connectivity index (χ3v) is 5.70. The van der Waals surface area contributed by atoms with E-state index in [-0.39, 0.29) is 17.7 Å². The maximum Gasteiger partial charge on any atom is 0.203 e. The summed E-state index contributed by atoms with van der Waals surface area (Å²) < 4.78 is 16.6. The van der Waals surface area contributed by atoms with E-state index >= 15 is 0 Å². The van der Waals surface area contributed by atoms with Gasteiger partial charge in [0, 0.05) is 29.2 Å². The van der Waals surface area contributed by atoms with E-state index in [4.69, 9.17) is 14.2 Å². The standard InChI is InChI=1S/C23H26N2O4/c1-13-21-18(25-17-8-6-5-7-16(17)24-13)11-14(12-19(21)26)15-9-10-20(27-2)23(29-4)22(15)28-3/h5-10,13-14,24-25H,11-12H2,1-4H3/t13-,14+/m1/s1. The number of hydrogen-bond acceptors (Lipinski definition) is 6. The molecule has 29 heavy (non-hydrogen) atoms. The number of methoxy groups -OCH3 is 3. The van der Waals surface area contributed by atoms with Crippen LogP contribution in [-0.4, -0.2) is 33.2 Å². The molecule has 1 aliphatic carbocycles. The zero-order valence-electron chi connectivity index (χ0n) is 17.2. The fraction of sp³-hybridized carbons (Fsp3) is 0.348. The quantitative estimate of drug-likeness (QED) is 0.804. The van der Waals surface area contributed by atoms with Gasteiger partial charge in [-0.05, 0) is 31.5 Å². The van der Waals surface area contributed by atoms with Crippen molar-refractivity contribution in [3.8, 4) is 17.2 Å². The fourth-order valence-electron chi connectivity index (χ4n) is 4.40. The van der Waals surface area contributed by atoms with Gasteiger partial charge >= 0.3 is 0 Å². The molecule has 0 radical (unpaired) electrons. The van der Waals surface area contributed by atoms with E-state index in [0.717, 1.165) is 28.2 Å². The van der Waals surface area contributed by atoms with E-state index in [1.807, 2.05) is 43.3 Å². The first kappa shape index (κ1) is 19.2. The summed E-state index contributed by atoms with van der Waals surface area (Å²) in [5, 5.41) is 6.97. The van der Waals surface area contributed by atoms with Crippen molar-refractivity contribution in [2.24, 2.45) is 0 Å². The minimum atomic E-state index is -0.0538. The SMILES string of the molecule is COc1ccc([C@@H]2CC(=O)C3=C(C2)Nc2ccccc2N[C@@H]3C)c(OC)c1OC. The van der Waals surface area contributed by atoms with Crippen molar-refractivity contribution < 1.29 is 19.0 Å². The Balaban J connectivity index is 1.75. The van der Waals surface area contributed by atoms with Crippen molar-refractivity contribution in [1.82, 2.24) is 0 Å². The smallest absolute Gasteiger partial charge is 0.203 e. The molecular weight excluding hydrogens is 368 g/mol. The summed E-state index contributed by atoms with van der Waals surface area (Å²) in [6, 6.07) is 11.8. The third kappa shape index (κ3) is 3.28. The average molecular weight is 394 g/mol. The van der Waals surface area contributed by atoms with Crippen LogP contribution in [0.4, 0.5) is 11.4 Å². The second-order valence-corrected chi connectivity index (χ2v) is 7.38. The van der Waals surface area contributed by atoms with E-state index in [2.05, 4.69) is 10.6 Å². The first-order valence-electron chi connectivity index (χ1n) is 9.75. The van der Waals surface area contributed by atoms with Crippen LogP contribution in [0, 0.1) is 0 Å². The largest absolute Gasteiger partial charge is 0.493 e. The van der Waals surface area contributed by atoms with Gasteiger partial charge in [0.05, 0.1) is 38.7 Å². The number of allylic oxidation sites excluding steroid dienone is 1. The predicted molar refractivity (Wildman–Crippen MR) is 113 cm³/mol. The van der Waals surface area contributed by atoms with E-state index in [0.29, 0.717) is 30.1 Å². The Morgan fingerprint density at radius 2 is 1.62 bits per heavy atom. The molecule has 2 aromatic rings. The van der Waals surface area contributed by atoms with Gasteiger partial charge in [-0.25, -0.2) is 0 Å². The van der Waals surface area contributed by atoms with Crippen molar-refractivity contribution in [3.05, 3.63) is 53.2 Å². The summed E-state index contributed by atoms with van der Waals surface area (Å²) in [7, 11) is 4.80. The van der Waals surface area contributed by atoms with E-state index in [9.17, 15) is 4.79 Å². The summed E-state index contributed by atoms with van der Waals surface area (Å²) in [5.41, 5.74) is 4.73. The minimum Gasteiger partial charge on any atom is -0.493 e. The molecule has 0 fully saturated rings. The number of benzene rings is 2. The molecule has 1 heterocycles. The Hall–Kier alpha value is -3.15. The topological polar surface area (TPSA) is 68.8 Å². The van der Waals surface area contributed by atoms with E-state index in [1.54, 1.807) is 21.3 Å². The Kier molecular flexibility index (Phi) is 5.09. The van der Waals surface area contributed by atoms with Gasteiger partial charge in [-0.3, -0.25) is 4.79 Å². The fourth-order valence-corrected chi connectivity index (χ4v) is 4.40. The molecule has 0 saturated carbocycles. The minimum absolute atomic E-state index is 0.0130. The molecule has 2 aromatic carbocycles. The molecule has 0 unspecified atom stereocenters. The number of hydrogen-bond donors (Lipinski definition) is 2. The van der Waals surface area contributed by atoms with Gasteiger partial charge in [0.1, 0.15) is 0 Å². The number of ether oxygens (including phenoxy) is 3. The van der Waals surface area contributed by atoms with Crippen molar-refractivity contribution in [2.45, 2.75) is 31.7 Å². The van der Waals surface area contributed by atoms with Gasteiger partial charge in [-0.2, -0.15) is 0 Å². The number of Topliss-reactive ketones (excluding diaryl/α,β-unsaturated/α-hetero) is 1. The highest BCUT2D eigenvalue weighted by Gasteiger charge is 2.35. The first-order chi connectivity index (χ1) is 14.1. The van der Waals surface area contributed by atoms with Crippen LogP contribution in [0.3, 0.4) is 0 Å². The summed E-state index contributed by atoms with van der Waals surface area (Å²) in [5.74, 6) is 1.91. The molecule has 0 aromatic heterocycles. The van der Waals surface area contributed by atoms with Crippen LogP contribution in [0.2, 0.25) is 0 Å². The summed E-state index contributed by atoms with van der Waals surface area (Å²) >= 11 is 0. The lowest BCUT2D eigenvalue weighted by Crippen LogP contribution is -2.29. The lowest BCUT2D eigenvalue weighted by molar-refractivity contribution is -0.116. The molecule has 6 nitrogen and oxygen atoms in total. The van der Waals surface area contributed by atoms with Crippen LogP contribution in [0.1, 0.15) is 31.2 Å². The second kappa shape index (κ2) is 7.70. The zero-order valence-corrected chi connectivity index (χ0v) is 17.2. The van der Waals surface area contributed by atoms with E-state index < -0.39 is 0 Å². The van der Waals surface area contributed by atoms with Crippen molar-refractivity contribution in [1.29, 1.82) is 0 Å². The maximum absolute atomic E-state index is 13.2. The van der Waals surface area contributed by atoms with E-state index in [1.165, 1.54) is 0 Å². The van der Waals surface area contributed by atoms with Crippen molar-refractivity contribution in [2.75, 3.05) is 32.0 Å². The average Bonchev–Trinajstić information content (AvgIpc) is 2.87. The van der Waals surface area contributed by atoms with Gasteiger partial charge in [0.15, 0.2) is 17.3 Å². The lowest BCUT2D eigenvalue weighted by atomic mass is 9.79. The molecule has 0 amide bonds. The molecule has 2 N–H and O–H groups in total. The van der Waals surface area contributed by atoms with Crippen LogP contribution in [0.5, 0.6) is 17.2 Å². The van der Waals surface area contributed by atoms with Gasteiger partial charge in [0.25, 0.3) is 0 Å². The number of carbonyl (C=O) groups is 1. The normalized spacial score (nSPS) is 20.6. The highest BCUT2D eigenvalue weighted by molar-refractivity contribution is 6.01. The van der Waals surface area contributed by atoms with Crippen LogP contribution >= 0.6 is 0 Å². The number of fused-ring (bicyclic) bond motifs is 1. The molecule has 4 rings (SSSR count). The summed E-state index contributed by atoms with van der Waals surface area (Å²) in [6.07, 6.45) is 1.14.